The topological polar surface area (TPSA) is 60.8 Å². The lowest BCUT2D eigenvalue weighted by molar-refractivity contribution is -0.129. The molecule has 0 radical (unpaired) electrons. The molecule has 3 aromatic rings. The summed E-state index contributed by atoms with van der Waals surface area (Å²) in [5.74, 6) is -0.444. The van der Waals surface area contributed by atoms with Crippen LogP contribution in [0.4, 0.5) is 0 Å². The van der Waals surface area contributed by atoms with E-state index in [4.69, 9.17) is 0 Å². The number of phenolic OH excluding ortho intramolecular Hbond substituents is 2. The summed E-state index contributed by atoms with van der Waals surface area (Å²) in [5, 5.41) is 21.2. The SMILES string of the molecule is CN(Cc1cccc2ccccc12)C(=O)Cc1ccc(O)c(O)c1. The predicted octanol–water partition coefficient (Wildman–Crippen LogP) is 3.45. The zero-order chi connectivity index (χ0) is 17.1. The second kappa shape index (κ2) is 6.62. The summed E-state index contributed by atoms with van der Waals surface area (Å²) in [6.07, 6.45) is 0.176. The molecule has 0 heterocycles. The van der Waals surface area contributed by atoms with Gasteiger partial charge in [0.1, 0.15) is 0 Å². The minimum absolute atomic E-state index is 0.0481. The summed E-state index contributed by atoms with van der Waals surface area (Å²) in [6, 6.07) is 18.6. The maximum Gasteiger partial charge on any atom is 0.227 e. The zero-order valence-corrected chi connectivity index (χ0v) is 13.4. The first-order chi connectivity index (χ1) is 11.5. The average Bonchev–Trinajstić information content (AvgIpc) is 2.58. The van der Waals surface area contributed by atoms with Gasteiger partial charge in [-0.25, -0.2) is 0 Å². The van der Waals surface area contributed by atoms with Gasteiger partial charge in [0.2, 0.25) is 5.91 Å². The summed E-state index contributed by atoms with van der Waals surface area (Å²) in [5.41, 5.74) is 1.76. The van der Waals surface area contributed by atoms with Crippen molar-refractivity contribution in [2.75, 3.05) is 7.05 Å². The highest BCUT2D eigenvalue weighted by atomic mass is 16.3. The van der Waals surface area contributed by atoms with Crippen molar-refractivity contribution in [2.45, 2.75) is 13.0 Å². The molecule has 0 aliphatic rings. The van der Waals surface area contributed by atoms with Crippen LogP contribution in [0.5, 0.6) is 11.5 Å². The van der Waals surface area contributed by atoms with Crippen LogP contribution in [-0.2, 0) is 17.8 Å². The number of nitrogens with zero attached hydrogens (tertiary/aromatic N) is 1. The van der Waals surface area contributed by atoms with Crippen LogP contribution in [0, 0.1) is 0 Å². The minimum atomic E-state index is -0.211. The third-order valence-electron chi connectivity index (χ3n) is 4.11. The Hall–Kier alpha value is -3.01. The molecular weight excluding hydrogens is 302 g/mol. The average molecular weight is 321 g/mol. The molecule has 24 heavy (non-hydrogen) atoms. The molecule has 4 nitrogen and oxygen atoms in total. The van der Waals surface area contributed by atoms with Crippen molar-refractivity contribution in [2.24, 2.45) is 0 Å². The minimum Gasteiger partial charge on any atom is -0.504 e. The smallest absolute Gasteiger partial charge is 0.227 e. The van der Waals surface area contributed by atoms with Gasteiger partial charge in [0.05, 0.1) is 6.42 Å². The van der Waals surface area contributed by atoms with E-state index in [1.807, 2.05) is 24.3 Å². The lowest BCUT2D eigenvalue weighted by Gasteiger charge is -2.18. The summed E-state index contributed by atoms with van der Waals surface area (Å²) in [4.78, 5) is 14.1. The fourth-order valence-corrected chi connectivity index (χ4v) is 2.76. The van der Waals surface area contributed by atoms with Gasteiger partial charge in [0, 0.05) is 13.6 Å². The van der Waals surface area contributed by atoms with E-state index in [0.29, 0.717) is 12.1 Å². The van der Waals surface area contributed by atoms with Crippen LogP contribution < -0.4 is 0 Å². The number of rotatable bonds is 4. The summed E-state index contributed by atoms with van der Waals surface area (Å²) in [6.45, 7) is 0.518. The van der Waals surface area contributed by atoms with Crippen molar-refractivity contribution >= 4 is 16.7 Å². The van der Waals surface area contributed by atoms with E-state index in [2.05, 4.69) is 18.2 Å². The molecule has 3 rings (SSSR count). The molecule has 0 saturated heterocycles. The Morgan fingerprint density at radius 1 is 0.958 bits per heavy atom. The van der Waals surface area contributed by atoms with Crippen LogP contribution in [0.25, 0.3) is 10.8 Å². The van der Waals surface area contributed by atoms with Gasteiger partial charge in [0.25, 0.3) is 0 Å². The number of hydrogen-bond acceptors (Lipinski definition) is 3. The number of benzene rings is 3. The van der Waals surface area contributed by atoms with E-state index in [1.165, 1.54) is 12.1 Å². The molecule has 0 fully saturated rings. The number of fused-ring (bicyclic) bond motifs is 1. The van der Waals surface area contributed by atoms with E-state index in [9.17, 15) is 15.0 Å². The molecule has 0 atom stereocenters. The fourth-order valence-electron chi connectivity index (χ4n) is 2.76. The lowest BCUT2D eigenvalue weighted by Crippen LogP contribution is -2.27. The maximum atomic E-state index is 12.4. The Labute approximate surface area is 140 Å². The standard InChI is InChI=1S/C20H19NO3/c1-21(20(24)12-14-9-10-18(22)19(23)11-14)13-16-7-4-6-15-5-2-3-8-17(15)16/h2-11,22-23H,12-13H2,1H3. The Bertz CT molecular complexity index is 884. The molecule has 4 heteroatoms. The number of amides is 1. The highest BCUT2D eigenvalue weighted by Crippen LogP contribution is 2.25. The van der Waals surface area contributed by atoms with Crippen molar-refractivity contribution < 1.29 is 15.0 Å². The van der Waals surface area contributed by atoms with Crippen molar-refractivity contribution in [1.29, 1.82) is 0 Å². The largest absolute Gasteiger partial charge is 0.504 e. The maximum absolute atomic E-state index is 12.4. The van der Waals surface area contributed by atoms with Crippen molar-refractivity contribution in [3.05, 3.63) is 71.8 Å². The first kappa shape index (κ1) is 15.9. The quantitative estimate of drug-likeness (QED) is 0.724. The number of aromatic hydroxyl groups is 2. The Balaban J connectivity index is 1.75. The number of carbonyl (C=O) groups is 1. The van der Waals surface area contributed by atoms with Crippen LogP contribution in [-0.4, -0.2) is 28.1 Å². The monoisotopic (exact) mass is 321 g/mol. The second-order valence-corrected chi connectivity index (χ2v) is 5.89. The van der Waals surface area contributed by atoms with Gasteiger partial charge in [-0.1, -0.05) is 48.5 Å². The fraction of sp³-hybridized carbons (Fsp3) is 0.150. The van der Waals surface area contributed by atoms with E-state index < -0.39 is 0 Å². The molecular formula is C20H19NO3. The molecule has 0 bridgehead atoms. The molecule has 2 N–H and O–H groups in total. The highest BCUT2D eigenvalue weighted by molar-refractivity contribution is 5.86. The molecule has 0 saturated carbocycles. The number of phenols is 2. The van der Waals surface area contributed by atoms with E-state index >= 15 is 0 Å². The van der Waals surface area contributed by atoms with Gasteiger partial charge in [-0.15, -0.1) is 0 Å². The van der Waals surface area contributed by atoms with E-state index in [1.54, 1.807) is 18.0 Å². The molecule has 3 aromatic carbocycles. The predicted molar refractivity (Wildman–Crippen MR) is 93.9 cm³/mol. The first-order valence-corrected chi connectivity index (χ1v) is 7.76. The van der Waals surface area contributed by atoms with Crippen molar-refractivity contribution in [3.63, 3.8) is 0 Å². The highest BCUT2D eigenvalue weighted by Gasteiger charge is 2.12. The number of hydrogen-bond donors (Lipinski definition) is 2. The Morgan fingerprint density at radius 2 is 1.71 bits per heavy atom. The molecule has 0 aliphatic carbocycles. The van der Waals surface area contributed by atoms with Gasteiger partial charge >= 0.3 is 0 Å². The van der Waals surface area contributed by atoms with Crippen LogP contribution >= 0.6 is 0 Å². The Kier molecular flexibility index (Phi) is 4.38. The van der Waals surface area contributed by atoms with Crippen molar-refractivity contribution in [3.8, 4) is 11.5 Å². The zero-order valence-electron chi connectivity index (χ0n) is 13.4. The van der Waals surface area contributed by atoms with Crippen LogP contribution in [0.3, 0.4) is 0 Å². The number of carbonyl (C=O) groups excluding carboxylic acids is 1. The second-order valence-electron chi connectivity index (χ2n) is 5.89. The summed E-state index contributed by atoms with van der Waals surface area (Å²) < 4.78 is 0. The van der Waals surface area contributed by atoms with Gasteiger partial charge in [0.15, 0.2) is 11.5 Å². The third kappa shape index (κ3) is 3.33. The first-order valence-electron chi connectivity index (χ1n) is 7.76. The van der Waals surface area contributed by atoms with Crippen molar-refractivity contribution in [1.82, 2.24) is 4.90 Å². The Morgan fingerprint density at radius 3 is 2.50 bits per heavy atom. The lowest BCUT2D eigenvalue weighted by atomic mass is 10.0. The molecule has 0 aliphatic heterocycles. The van der Waals surface area contributed by atoms with Gasteiger partial charge < -0.3 is 15.1 Å². The van der Waals surface area contributed by atoms with Gasteiger partial charge in [-0.3, -0.25) is 4.79 Å². The normalized spacial score (nSPS) is 10.7. The molecule has 122 valence electrons. The molecule has 1 amide bonds. The van der Waals surface area contributed by atoms with Crippen LogP contribution in [0.1, 0.15) is 11.1 Å². The summed E-state index contributed by atoms with van der Waals surface area (Å²) >= 11 is 0. The molecule has 0 aromatic heterocycles. The van der Waals surface area contributed by atoms with Gasteiger partial charge in [-0.05, 0) is 34.0 Å². The molecule has 0 spiro atoms. The molecule has 0 unspecified atom stereocenters. The van der Waals surface area contributed by atoms with Gasteiger partial charge in [-0.2, -0.15) is 0 Å². The van der Waals surface area contributed by atoms with Crippen LogP contribution in [0.2, 0.25) is 0 Å². The van der Waals surface area contributed by atoms with E-state index in [-0.39, 0.29) is 23.8 Å². The summed E-state index contributed by atoms with van der Waals surface area (Å²) in [7, 11) is 1.77. The number of likely N-dealkylation sites (N-methyl/N-ethyl adjacent to an activating group) is 1. The van der Waals surface area contributed by atoms with E-state index in [0.717, 1.165) is 16.3 Å². The third-order valence-corrected chi connectivity index (χ3v) is 4.11. The van der Waals surface area contributed by atoms with Crippen LogP contribution in [0.15, 0.2) is 60.7 Å².